The Morgan fingerprint density at radius 1 is 1.00 bits per heavy atom. The Bertz CT molecular complexity index is 893. The van der Waals surface area contributed by atoms with Gasteiger partial charge >= 0.3 is 5.97 Å². The average Bonchev–Trinajstić information content (AvgIpc) is 2.80. The van der Waals surface area contributed by atoms with Crippen molar-refractivity contribution in [2.24, 2.45) is 0 Å². The molecule has 166 valence electrons. The normalized spacial score (nSPS) is 13.4. The van der Waals surface area contributed by atoms with Crippen LogP contribution in [-0.2, 0) is 14.3 Å². The zero-order valence-corrected chi connectivity index (χ0v) is 17.8. The summed E-state index contributed by atoms with van der Waals surface area (Å²) in [5.74, 6) is 0.832. The molecule has 0 aliphatic carbocycles. The first kappa shape index (κ1) is 22.4. The standard InChI is InChI=1S/C23H27NO7/c1-17-4-3-5-19(14-17)29-12-13-30-23(26)18-6-7-20(21(15-18)27-2)31-16-22(25)24-8-10-28-11-9-24/h3-7,14-15H,8-13,16H2,1-2H3. The number of nitrogens with zero attached hydrogens (tertiary/aromatic N) is 1. The minimum Gasteiger partial charge on any atom is -0.493 e. The highest BCUT2D eigenvalue weighted by molar-refractivity contribution is 5.90. The molecule has 1 aliphatic heterocycles. The number of methoxy groups -OCH3 is 1. The second-order valence-electron chi connectivity index (χ2n) is 6.95. The summed E-state index contributed by atoms with van der Waals surface area (Å²) >= 11 is 0. The van der Waals surface area contributed by atoms with Crippen LogP contribution in [0.1, 0.15) is 15.9 Å². The lowest BCUT2D eigenvalue weighted by Crippen LogP contribution is -2.43. The van der Waals surface area contributed by atoms with Crippen LogP contribution in [0, 0.1) is 6.92 Å². The fourth-order valence-electron chi connectivity index (χ4n) is 3.04. The van der Waals surface area contributed by atoms with E-state index in [1.165, 1.54) is 13.2 Å². The fourth-order valence-corrected chi connectivity index (χ4v) is 3.04. The molecule has 8 heteroatoms. The minimum atomic E-state index is -0.498. The molecule has 1 amide bonds. The lowest BCUT2D eigenvalue weighted by Gasteiger charge is -2.26. The number of morpholine rings is 1. The maximum Gasteiger partial charge on any atom is 0.338 e. The summed E-state index contributed by atoms with van der Waals surface area (Å²) < 4.78 is 27.0. The molecule has 3 rings (SSSR count). The van der Waals surface area contributed by atoms with Crippen LogP contribution in [0.3, 0.4) is 0 Å². The first-order valence-electron chi connectivity index (χ1n) is 10.1. The van der Waals surface area contributed by atoms with Crippen molar-refractivity contribution in [3.05, 3.63) is 53.6 Å². The fraction of sp³-hybridized carbons (Fsp3) is 0.391. The highest BCUT2D eigenvalue weighted by Crippen LogP contribution is 2.28. The molecular formula is C23H27NO7. The van der Waals surface area contributed by atoms with Crippen molar-refractivity contribution in [2.45, 2.75) is 6.92 Å². The lowest BCUT2D eigenvalue weighted by molar-refractivity contribution is -0.137. The molecule has 0 N–H and O–H groups in total. The van der Waals surface area contributed by atoms with Crippen LogP contribution in [0.25, 0.3) is 0 Å². The Hall–Kier alpha value is -3.26. The number of hydrogen-bond donors (Lipinski definition) is 0. The molecular weight excluding hydrogens is 402 g/mol. The molecule has 31 heavy (non-hydrogen) atoms. The first-order chi connectivity index (χ1) is 15.1. The van der Waals surface area contributed by atoms with Crippen molar-refractivity contribution in [2.75, 3.05) is 53.2 Å². The number of aryl methyl sites for hydroxylation is 1. The number of hydrogen-bond acceptors (Lipinski definition) is 7. The predicted molar refractivity (Wildman–Crippen MR) is 113 cm³/mol. The van der Waals surface area contributed by atoms with Crippen molar-refractivity contribution in [3.63, 3.8) is 0 Å². The lowest BCUT2D eigenvalue weighted by atomic mass is 10.2. The molecule has 0 radical (unpaired) electrons. The number of ether oxygens (including phenoxy) is 5. The van der Waals surface area contributed by atoms with Gasteiger partial charge < -0.3 is 28.6 Å². The van der Waals surface area contributed by atoms with E-state index in [0.29, 0.717) is 43.4 Å². The molecule has 1 saturated heterocycles. The third-order valence-corrected chi connectivity index (χ3v) is 4.69. The molecule has 8 nitrogen and oxygen atoms in total. The van der Waals surface area contributed by atoms with Gasteiger partial charge in [0.25, 0.3) is 5.91 Å². The second kappa shape index (κ2) is 11.2. The third kappa shape index (κ3) is 6.62. The van der Waals surface area contributed by atoms with Crippen LogP contribution in [0.2, 0.25) is 0 Å². The molecule has 0 unspecified atom stereocenters. The van der Waals surface area contributed by atoms with E-state index in [1.807, 2.05) is 31.2 Å². The van der Waals surface area contributed by atoms with Gasteiger partial charge in [0.2, 0.25) is 0 Å². The highest BCUT2D eigenvalue weighted by atomic mass is 16.6. The molecule has 0 aromatic heterocycles. The van der Waals surface area contributed by atoms with Crippen LogP contribution in [-0.4, -0.2) is 70.0 Å². The Kier molecular flexibility index (Phi) is 8.12. The number of rotatable bonds is 9. The Labute approximate surface area is 181 Å². The molecule has 1 heterocycles. The van der Waals surface area contributed by atoms with E-state index in [4.69, 9.17) is 23.7 Å². The van der Waals surface area contributed by atoms with Gasteiger partial charge in [0.15, 0.2) is 18.1 Å². The van der Waals surface area contributed by atoms with Gasteiger partial charge in [-0.15, -0.1) is 0 Å². The highest BCUT2D eigenvalue weighted by Gasteiger charge is 2.18. The zero-order valence-electron chi connectivity index (χ0n) is 17.8. The second-order valence-corrected chi connectivity index (χ2v) is 6.95. The smallest absolute Gasteiger partial charge is 0.338 e. The topological polar surface area (TPSA) is 83.5 Å². The van der Waals surface area contributed by atoms with Gasteiger partial charge in [-0.25, -0.2) is 4.79 Å². The molecule has 2 aromatic carbocycles. The monoisotopic (exact) mass is 429 g/mol. The van der Waals surface area contributed by atoms with Crippen molar-refractivity contribution in [3.8, 4) is 17.2 Å². The molecule has 1 aliphatic rings. The van der Waals surface area contributed by atoms with Crippen molar-refractivity contribution in [1.82, 2.24) is 4.90 Å². The SMILES string of the molecule is COc1cc(C(=O)OCCOc2cccc(C)c2)ccc1OCC(=O)N1CCOCC1. The molecule has 1 fully saturated rings. The Morgan fingerprint density at radius 2 is 1.81 bits per heavy atom. The number of carbonyl (C=O) groups is 2. The summed E-state index contributed by atoms with van der Waals surface area (Å²) in [5, 5.41) is 0. The van der Waals surface area contributed by atoms with Gasteiger partial charge in [0.05, 0.1) is 25.9 Å². The summed E-state index contributed by atoms with van der Waals surface area (Å²) in [5.41, 5.74) is 1.41. The van der Waals surface area contributed by atoms with E-state index in [1.54, 1.807) is 17.0 Å². The van der Waals surface area contributed by atoms with Gasteiger partial charge in [0.1, 0.15) is 19.0 Å². The number of amides is 1. The maximum atomic E-state index is 12.3. The van der Waals surface area contributed by atoms with E-state index < -0.39 is 5.97 Å². The summed E-state index contributed by atoms with van der Waals surface area (Å²) in [7, 11) is 1.47. The van der Waals surface area contributed by atoms with Gasteiger partial charge in [-0.05, 0) is 42.8 Å². The van der Waals surface area contributed by atoms with Gasteiger partial charge in [0, 0.05) is 13.1 Å². The average molecular weight is 429 g/mol. The first-order valence-corrected chi connectivity index (χ1v) is 10.1. The van der Waals surface area contributed by atoms with E-state index in [2.05, 4.69) is 0 Å². The Balaban J connectivity index is 1.48. The summed E-state index contributed by atoms with van der Waals surface area (Å²) in [6.45, 7) is 4.39. The van der Waals surface area contributed by atoms with Gasteiger partial charge in [-0.1, -0.05) is 12.1 Å². The zero-order chi connectivity index (χ0) is 22.1. The van der Waals surface area contributed by atoms with Crippen LogP contribution >= 0.6 is 0 Å². The third-order valence-electron chi connectivity index (χ3n) is 4.69. The quantitative estimate of drug-likeness (QED) is 0.447. The number of benzene rings is 2. The predicted octanol–water partition coefficient (Wildman–Crippen LogP) is 2.48. The largest absolute Gasteiger partial charge is 0.493 e. The van der Waals surface area contributed by atoms with Crippen LogP contribution < -0.4 is 14.2 Å². The van der Waals surface area contributed by atoms with Crippen LogP contribution in [0.15, 0.2) is 42.5 Å². The van der Waals surface area contributed by atoms with Crippen LogP contribution in [0.4, 0.5) is 0 Å². The summed E-state index contributed by atoms with van der Waals surface area (Å²) in [6, 6.07) is 12.3. The van der Waals surface area contributed by atoms with Crippen molar-refractivity contribution in [1.29, 1.82) is 0 Å². The van der Waals surface area contributed by atoms with E-state index >= 15 is 0 Å². The van der Waals surface area contributed by atoms with E-state index in [0.717, 1.165) is 11.3 Å². The summed E-state index contributed by atoms with van der Waals surface area (Å²) in [6.07, 6.45) is 0. The van der Waals surface area contributed by atoms with Gasteiger partial charge in [-0.2, -0.15) is 0 Å². The molecule has 2 aromatic rings. The Morgan fingerprint density at radius 3 is 2.55 bits per heavy atom. The minimum absolute atomic E-state index is 0.112. The molecule has 0 saturated carbocycles. The number of esters is 1. The van der Waals surface area contributed by atoms with Gasteiger partial charge in [-0.3, -0.25) is 4.79 Å². The van der Waals surface area contributed by atoms with E-state index in [-0.39, 0.29) is 25.7 Å². The van der Waals surface area contributed by atoms with Crippen molar-refractivity contribution >= 4 is 11.9 Å². The maximum absolute atomic E-state index is 12.3. The molecule has 0 atom stereocenters. The van der Waals surface area contributed by atoms with Crippen LogP contribution in [0.5, 0.6) is 17.2 Å². The van der Waals surface area contributed by atoms with Crippen molar-refractivity contribution < 1.29 is 33.3 Å². The summed E-state index contributed by atoms with van der Waals surface area (Å²) in [4.78, 5) is 26.2. The number of carbonyl (C=O) groups excluding carboxylic acids is 2. The molecule has 0 spiro atoms. The molecule has 0 bridgehead atoms. The van der Waals surface area contributed by atoms with E-state index in [9.17, 15) is 9.59 Å².